The third-order valence-corrected chi connectivity index (χ3v) is 3.92. The predicted octanol–water partition coefficient (Wildman–Crippen LogP) is 2.65. The maximum absolute atomic E-state index is 13.6. The van der Waals surface area contributed by atoms with Crippen molar-refractivity contribution in [3.63, 3.8) is 0 Å². The van der Waals surface area contributed by atoms with Crippen LogP contribution in [0.3, 0.4) is 0 Å². The van der Waals surface area contributed by atoms with E-state index >= 15 is 0 Å². The molecule has 1 unspecified atom stereocenters. The van der Waals surface area contributed by atoms with Crippen molar-refractivity contribution in [2.75, 3.05) is 13.7 Å². The number of nitrogens with zero attached hydrogens (tertiary/aromatic N) is 1. The number of carbonyl (C=O) groups excluding carboxylic acids is 2. The molecular weight excluding hydrogens is 327 g/mol. The number of ether oxygens (including phenoxy) is 2. The maximum atomic E-state index is 13.6. The minimum Gasteiger partial charge on any atom is -0.493 e. The molecule has 0 saturated carbocycles. The Balaban J connectivity index is 1.84. The lowest BCUT2D eigenvalue weighted by molar-refractivity contribution is 0.0594. The fourth-order valence-electron chi connectivity index (χ4n) is 2.71. The number of amides is 1. The van der Waals surface area contributed by atoms with Gasteiger partial charge in [0.25, 0.3) is 5.91 Å². The van der Waals surface area contributed by atoms with E-state index in [-0.39, 0.29) is 11.4 Å². The summed E-state index contributed by atoms with van der Waals surface area (Å²) in [6.45, 7) is 0.501. The van der Waals surface area contributed by atoms with Crippen LogP contribution in [-0.2, 0) is 4.74 Å². The molecule has 0 fully saturated rings. The zero-order valence-electron chi connectivity index (χ0n) is 13.6. The Morgan fingerprint density at radius 1 is 1.28 bits per heavy atom. The Hall–Kier alpha value is -2.96. The predicted molar refractivity (Wildman–Crippen MR) is 86.9 cm³/mol. The number of methoxy groups -OCH3 is 1. The van der Waals surface area contributed by atoms with Crippen molar-refractivity contribution >= 4 is 11.9 Å². The normalized spacial score (nSPS) is 16.2. The third-order valence-electron chi connectivity index (χ3n) is 3.92. The monoisotopic (exact) mass is 344 g/mol. The molecular formula is C18H17FN2O4. The van der Waals surface area contributed by atoms with Gasteiger partial charge >= 0.3 is 5.97 Å². The van der Waals surface area contributed by atoms with Gasteiger partial charge in [-0.2, -0.15) is 0 Å². The molecule has 0 aliphatic carbocycles. The summed E-state index contributed by atoms with van der Waals surface area (Å²) in [5, 5.41) is 2.84. The van der Waals surface area contributed by atoms with Gasteiger partial charge in [-0.3, -0.25) is 4.79 Å². The Labute approximate surface area is 144 Å². The van der Waals surface area contributed by atoms with Gasteiger partial charge in [-0.15, -0.1) is 0 Å². The van der Waals surface area contributed by atoms with Gasteiger partial charge in [-0.25, -0.2) is 14.2 Å². The largest absolute Gasteiger partial charge is 0.493 e. The zero-order valence-corrected chi connectivity index (χ0v) is 13.6. The summed E-state index contributed by atoms with van der Waals surface area (Å²) in [5.74, 6) is -0.910. The summed E-state index contributed by atoms with van der Waals surface area (Å²) in [7, 11) is 1.24. The number of halogens is 1. The second kappa shape index (κ2) is 7.29. The van der Waals surface area contributed by atoms with Gasteiger partial charge in [-0.05, 0) is 43.2 Å². The fraction of sp³-hybridized carbons (Fsp3) is 0.278. The Bertz CT molecular complexity index is 809. The first-order chi connectivity index (χ1) is 12.1. The molecule has 1 aliphatic rings. The molecule has 1 N–H and O–H groups in total. The number of fused-ring (bicyclic) bond motifs is 1. The van der Waals surface area contributed by atoms with E-state index in [1.807, 2.05) is 0 Å². The van der Waals surface area contributed by atoms with Crippen LogP contribution >= 0.6 is 0 Å². The number of hydrogen-bond donors (Lipinski definition) is 1. The molecule has 1 aromatic heterocycles. The van der Waals surface area contributed by atoms with Crippen LogP contribution in [0.2, 0.25) is 0 Å². The number of rotatable bonds is 3. The quantitative estimate of drug-likeness (QED) is 0.866. The number of esters is 1. The Kier molecular flexibility index (Phi) is 4.92. The zero-order chi connectivity index (χ0) is 17.8. The van der Waals surface area contributed by atoms with E-state index in [1.165, 1.54) is 31.4 Å². The lowest BCUT2D eigenvalue weighted by Crippen LogP contribution is -2.29. The van der Waals surface area contributed by atoms with Crippen molar-refractivity contribution < 1.29 is 23.5 Å². The Morgan fingerprint density at radius 3 is 2.88 bits per heavy atom. The van der Waals surface area contributed by atoms with Crippen LogP contribution in [0.4, 0.5) is 4.39 Å². The molecule has 1 atom stereocenters. The number of aromatic nitrogens is 1. The van der Waals surface area contributed by atoms with Crippen molar-refractivity contribution in [1.82, 2.24) is 10.3 Å². The first-order valence-corrected chi connectivity index (χ1v) is 7.87. The van der Waals surface area contributed by atoms with Gasteiger partial charge in [0.2, 0.25) is 0 Å². The average molecular weight is 344 g/mol. The van der Waals surface area contributed by atoms with E-state index in [0.717, 1.165) is 6.42 Å². The van der Waals surface area contributed by atoms with Crippen LogP contribution in [0.1, 0.15) is 45.4 Å². The number of nitrogens with one attached hydrogen (secondary N) is 1. The van der Waals surface area contributed by atoms with Crippen molar-refractivity contribution in [3.05, 3.63) is 59.2 Å². The molecule has 2 aromatic rings. The second-order valence-corrected chi connectivity index (χ2v) is 5.60. The standard InChI is InChI=1S/C18H17FN2O4/c1-24-18(23)15-5-2-4-14(20-15)17(22)21-13-6-3-9-25-16-8-7-11(19)10-12(13)16/h2,4-5,7-8,10,13H,3,6,9H2,1H3,(H,21,22). The van der Waals surface area contributed by atoms with Gasteiger partial charge in [-0.1, -0.05) is 6.07 Å². The van der Waals surface area contributed by atoms with Crippen molar-refractivity contribution in [2.24, 2.45) is 0 Å². The highest BCUT2D eigenvalue weighted by molar-refractivity contribution is 5.94. The maximum Gasteiger partial charge on any atom is 0.356 e. The number of benzene rings is 1. The summed E-state index contributed by atoms with van der Waals surface area (Å²) < 4.78 is 23.8. The van der Waals surface area contributed by atoms with Gasteiger partial charge in [0.05, 0.1) is 19.8 Å². The van der Waals surface area contributed by atoms with Crippen LogP contribution in [-0.4, -0.2) is 30.6 Å². The topological polar surface area (TPSA) is 77.5 Å². The van der Waals surface area contributed by atoms with Gasteiger partial charge in [0, 0.05) is 5.56 Å². The lowest BCUT2D eigenvalue weighted by Gasteiger charge is -2.18. The van der Waals surface area contributed by atoms with Crippen LogP contribution in [0, 0.1) is 5.82 Å². The first-order valence-electron chi connectivity index (χ1n) is 7.87. The smallest absolute Gasteiger partial charge is 0.356 e. The first kappa shape index (κ1) is 16.9. The van der Waals surface area contributed by atoms with Gasteiger partial charge in [0.15, 0.2) is 0 Å². The molecule has 2 heterocycles. The lowest BCUT2D eigenvalue weighted by atomic mass is 10.0. The molecule has 7 heteroatoms. The highest BCUT2D eigenvalue weighted by atomic mass is 19.1. The summed E-state index contributed by atoms with van der Waals surface area (Å²) >= 11 is 0. The highest BCUT2D eigenvalue weighted by Crippen LogP contribution is 2.32. The van der Waals surface area contributed by atoms with Crippen LogP contribution < -0.4 is 10.1 Å². The van der Waals surface area contributed by atoms with E-state index in [1.54, 1.807) is 12.1 Å². The molecule has 0 radical (unpaired) electrons. The molecule has 130 valence electrons. The summed E-state index contributed by atoms with van der Waals surface area (Å²) in [5.41, 5.74) is 0.729. The number of hydrogen-bond acceptors (Lipinski definition) is 5. The minimum atomic E-state index is -0.620. The summed E-state index contributed by atoms with van der Waals surface area (Å²) in [6.07, 6.45) is 1.33. The fourth-order valence-corrected chi connectivity index (χ4v) is 2.71. The number of carbonyl (C=O) groups is 2. The van der Waals surface area contributed by atoms with Crippen molar-refractivity contribution in [2.45, 2.75) is 18.9 Å². The Morgan fingerprint density at radius 2 is 2.08 bits per heavy atom. The van der Waals surface area contributed by atoms with E-state index in [0.29, 0.717) is 24.3 Å². The van der Waals surface area contributed by atoms with Crippen LogP contribution in [0.5, 0.6) is 5.75 Å². The summed E-state index contributed by atoms with van der Waals surface area (Å²) in [4.78, 5) is 28.1. The van der Waals surface area contributed by atoms with Crippen molar-refractivity contribution in [1.29, 1.82) is 0 Å². The minimum absolute atomic E-state index is 0.0470. The highest BCUT2D eigenvalue weighted by Gasteiger charge is 2.23. The van der Waals surface area contributed by atoms with E-state index < -0.39 is 23.7 Å². The molecule has 1 amide bonds. The summed E-state index contributed by atoms with van der Waals surface area (Å²) in [6, 6.07) is 8.37. The molecule has 25 heavy (non-hydrogen) atoms. The van der Waals surface area contributed by atoms with Gasteiger partial charge < -0.3 is 14.8 Å². The van der Waals surface area contributed by atoms with Gasteiger partial charge in [0.1, 0.15) is 23.0 Å². The van der Waals surface area contributed by atoms with Crippen LogP contribution in [0.25, 0.3) is 0 Å². The average Bonchev–Trinajstić information content (AvgIpc) is 2.83. The SMILES string of the molecule is COC(=O)c1cccc(C(=O)NC2CCCOc3ccc(F)cc32)n1. The van der Waals surface area contributed by atoms with E-state index in [9.17, 15) is 14.0 Å². The molecule has 1 aromatic carbocycles. The molecule has 1 aliphatic heterocycles. The third kappa shape index (κ3) is 3.76. The van der Waals surface area contributed by atoms with E-state index in [4.69, 9.17) is 4.74 Å². The number of pyridine rings is 1. The molecule has 6 nitrogen and oxygen atoms in total. The second-order valence-electron chi connectivity index (χ2n) is 5.60. The van der Waals surface area contributed by atoms with Crippen molar-refractivity contribution in [3.8, 4) is 5.75 Å². The van der Waals surface area contributed by atoms with E-state index in [2.05, 4.69) is 15.0 Å². The molecule has 0 bridgehead atoms. The molecule has 3 rings (SSSR count). The molecule has 0 saturated heterocycles. The molecule has 0 spiro atoms. The van der Waals surface area contributed by atoms with Crippen LogP contribution in [0.15, 0.2) is 36.4 Å².